The van der Waals surface area contributed by atoms with E-state index < -0.39 is 0 Å². The summed E-state index contributed by atoms with van der Waals surface area (Å²) in [4.78, 5) is 7.97. The molecule has 1 aliphatic heterocycles. The normalized spacial score (nSPS) is 20.4. The van der Waals surface area contributed by atoms with Gasteiger partial charge in [-0.15, -0.1) is 0 Å². The quantitative estimate of drug-likeness (QED) is 0.827. The third kappa shape index (κ3) is 2.24. The van der Waals surface area contributed by atoms with Crippen LogP contribution in [0.2, 0.25) is 0 Å². The summed E-state index contributed by atoms with van der Waals surface area (Å²) in [7, 11) is 0. The van der Waals surface area contributed by atoms with E-state index in [4.69, 9.17) is 0 Å². The monoisotopic (exact) mass is 227 g/mol. The van der Waals surface area contributed by atoms with Gasteiger partial charge in [-0.3, -0.25) is 0 Å². The predicted molar refractivity (Wildman–Crippen MR) is 68.9 cm³/mol. The molecule has 1 atom stereocenters. The lowest BCUT2D eigenvalue weighted by atomic mass is 9.99. The van der Waals surface area contributed by atoms with Crippen LogP contribution in [0.3, 0.4) is 0 Å². The molecule has 0 unspecified atom stereocenters. The maximum Gasteiger partial charge on any atom is 0.110 e. The summed E-state index contributed by atoms with van der Waals surface area (Å²) in [6.45, 7) is 2.19. The number of hydrogen-bond donors (Lipinski definition) is 2. The minimum atomic E-state index is 0.543. The molecule has 2 heterocycles. The van der Waals surface area contributed by atoms with E-state index in [1.54, 1.807) is 0 Å². The molecule has 0 radical (unpaired) electrons. The summed E-state index contributed by atoms with van der Waals surface area (Å²) in [6, 6.07) is 10.4. The van der Waals surface area contributed by atoms with Crippen molar-refractivity contribution in [2.75, 3.05) is 13.1 Å². The molecule has 1 fully saturated rings. The summed E-state index contributed by atoms with van der Waals surface area (Å²) in [5.74, 6) is 1.66. The molecular formula is C14H17N3. The van der Waals surface area contributed by atoms with E-state index in [0.717, 1.165) is 24.6 Å². The molecule has 88 valence electrons. The fourth-order valence-corrected chi connectivity index (χ4v) is 2.39. The average Bonchev–Trinajstić information content (AvgIpc) is 2.90. The number of benzene rings is 1. The van der Waals surface area contributed by atoms with Crippen molar-refractivity contribution in [3.63, 3.8) is 0 Å². The fourth-order valence-electron chi connectivity index (χ4n) is 2.39. The number of rotatable bonds is 2. The Morgan fingerprint density at radius 3 is 2.82 bits per heavy atom. The van der Waals surface area contributed by atoms with Gasteiger partial charge < -0.3 is 10.3 Å². The van der Waals surface area contributed by atoms with Crippen LogP contribution in [0.25, 0.3) is 11.3 Å². The van der Waals surface area contributed by atoms with Crippen LogP contribution in [0.4, 0.5) is 0 Å². The lowest BCUT2D eigenvalue weighted by Crippen LogP contribution is -2.28. The summed E-state index contributed by atoms with van der Waals surface area (Å²) in [5.41, 5.74) is 2.32. The largest absolute Gasteiger partial charge is 0.342 e. The summed E-state index contributed by atoms with van der Waals surface area (Å²) in [6.07, 6.45) is 4.42. The molecule has 0 bridgehead atoms. The van der Waals surface area contributed by atoms with Gasteiger partial charge in [0.1, 0.15) is 5.82 Å². The maximum absolute atomic E-state index is 4.52. The van der Waals surface area contributed by atoms with Crippen LogP contribution in [-0.4, -0.2) is 23.1 Å². The van der Waals surface area contributed by atoms with E-state index in [-0.39, 0.29) is 0 Å². The van der Waals surface area contributed by atoms with Crippen molar-refractivity contribution >= 4 is 0 Å². The van der Waals surface area contributed by atoms with Gasteiger partial charge in [0.2, 0.25) is 0 Å². The molecule has 0 spiro atoms. The zero-order chi connectivity index (χ0) is 11.5. The first kappa shape index (κ1) is 10.5. The Hall–Kier alpha value is -1.61. The summed E-state index contributed by atoms with van der Waals surface area (Å²) >= 11 is 0. The van der Waals surface area contributed by atoms with Gasteiger partial charge >= 0.3 is 0 Å². The molecule has 3 heteroatoms. The van der Waals surface area contributed by atoms with Crippen LogP contribution in [0.1, 0.15) is 24.6 Å². The maximum atomic E-state index is 4.52. The van der Waals surface area contributed by atoms with Gasteiger partial charge in [-0.05, 0) is 24.9 Å². The van der Waals surface area contributed by atoms with Crippen molar-refractivity contribution in [1.82, 2.24) is 15.3 Å². The number of hydrogen-bond acceptors (Lipinski definition) is 2. The van der Waals surface area contributed by atoms with Gasteiger partial charge in [0.05, 0.1) is 11.9 Å². The standard InChI is InChI=1S/C14H17N3/c1-2-5-11(6-3-1)13-10-16-14(17-13)12-7-4-8-15-9-12/h1-3,5-6,10,12,15H,4,7-9H2,(H,16,17)/t12-/m1/s1. The van der Waals surface area contributed by atoms with Gasteiger partial charge in [0.25, 0.3) is 0 Å². The summed E-state index contributed by atoms with van der Waals surface area (Å²) < 4.78 is 0. The molecule has 3 nitrogen and oxygen atoms in total. The first-order valence-corrected chi connectivity index (χ1v) is 6.24. The lowest BCUT2D eigenvalue weighted by Gasteiger charge is -2.20. The van der Waals surface area contributed by atoms with E-state index >= 15 is 0 Å². The molecule has 2 aromatic rings. The Kier molecular flexibility index (Phi) is 2.92. The van der Waals surface area contributed by atoms with Gasteiger partial charge in [-0.25, -0.2) is 4.98 Å². The van der Waals surface area contributed by atoms with Gasteiger partial charge in [-0.2, -0.15) is 0 Å². The molecule has 1 aromatic heterocycles. The number of aromatic nitrogens is 2. The van der Waals surface area contributed by atoms with E-state index in [2.05, 4.69) is 39.6 Å². The van der Waals surface area contributed by atoms with Crippen LogP contribution >= 0.6 is 0 Å². The third-order valence-electron chi connectivity index (χ3n) is 3.36. The molecule has 1 saturated heterocycles. The highest BCUT2D eigenvalue weighted by molar-refractivity contribution is 5.58. The highest BCUT2D eigenvalue weighted by atomic mass is 15.0. The first-order chi connectivity index (χ1) is 8.43. The summed E-state index contributed by atoms with van der Waals surface area (Å²) in [5, 5.41) is 3.42. The molecule has 17 heavy (non-hydrogen) atoms. The number of nitrogens with one attached hydrogen (secondary N) is 2. The molecule has 1 aromatic carbocycles. The molecular weight excluding hydrogens is 210 g/mol. The molecule has 2 N–H and O–H groups in total. The minimum absolute atomic E-state index is 0.543. The smallest absolute Gasteiger partial charge is 0.110 e. The van der Waals surface area contributed by atoms with Crippen LogP contribution in [-0.2, 0) is 0 Å². The zero-order valence-corrected chi connectivity index (χ0v) is 9.82. The van der Waals surface area contributed by atoms with Crippen molar-refractivity contribution < 1.29 is 0 Å². The van der Waals surface area contributed by atoms with Gasteiger partial charge in [-0.1, -0.05) is 30.3 Å². The number of piperidine rings is 1. The Labute approximate surface area is 101 Å². The van der Waals surface area contributed by atoms with Gasteiger partial charge in [0, 0.05) is 12.5 Å². The highest BCUT2D eigenvalue weighted by Crippen LogP contribution is 2.23. The molecule has 3 rings (SSSR count). The number of aromatic amines is 1. The van der Waals surface area contributed by atoms with Crippen LogP contribution in [0.5, 0.6) is 0 Å². The predicted octanol–water partition coefficient (Wildman–Crippen LogP) is 2.54. The third-order valence-corrected chi connectivity index (χ3v) is 3.36. The van der Waals surface area contributed by atoms with Crippen LogP contribution < -0.4 is 5.32 Å². The SMILES string of the molecule is c1ccc(-c2cnc([C@@H]3CCCNC3)[nH]2)cc1. The van der Waals surface area contributed by atoms with Crippen molar-refractivity contribution in [3.8, 4) is 11.3 Å². The van der Waals surface area contributed by atoms with E-state index in [9.17, 15) is 0 Å². The number of nitrogens with zero attached hydrogens (tertiary/aromatic N) is 1. The Balaban J connectivity index is 1.83. The van der Waals surface area contributed by atoms with E-state index in [0.29, 0.717) is 5.92 Å². The van der Waals surface area contributed by atoms with E-state index in [1.807, 2.05) is 12.3 Å². The number of imidazole rings is 1. The van der Waals surface area contributed by atoms with Crippen LogP contribution in [0.15, 0.2) is 36.5 Å². The van der Waals surface area contributed by atoms with Crippen molar-refractivity contribution in [2.24, 2.45) is 0 Å². The zero-order valence-electron chi connectivity index (χ0n) is 9.82. The average molecular weight is 227 g/mol. The molecule has 0 aliphatic carbocycles. The Morgan fingerprint density at radius 2 is 2.06 bits per heavy atom. The van der Waals surface area contributed by atoms with Crippen molar-refractivity contribution in [1.29, 1.82) is 0 Å². The van der Waals surface area contributed by atoms with Crippen molar-refractivity contribution in [3.05, 3.63) is 42.4 Å². The molecule has 0 saturated carbocycles. The second-order valence-electron chi connectivity index (χ2n) is 4.59. The van der Waals surface area contributed by atoms with Crippen molar-refractivity contribution in [2.45, 2.75) is 18.8 Å². The van der Waals surface area contributed by atoms with Crippen LogP contribution in [0, 0.1) is 0 Å². The Bertz CT molecular complexity index is 469. The second-order valence-corrected chi connectivity index (χ2v) is 4.59. The topological polar surface area (TPSA) is 40.7 Å². The lowest BCUT2D eigenvalue weighted by molar-refractivity contribution is 0.449. The highest BCUT2D eigenvalue weighted by Gasteiger charge is 2.18. The second kappa shape index (κ2) is 4.72. The fraction of sp³-hybridized carbons (Fsp3) is 0.357. The number of H-pyrrole nitrogens is 1. The minimum Gasteiger partial charge on any atom is -0.342 e. The first-order valence-electron chi connectivity index (χ1n) is 6.24. The molecule has 0 amide bonds. The van der Waals surface area contributed by atoms with E-state index in [1.165, 1.54) is 18.4 Å². The Morgan fingerprint density at radius 1 is 1.18 bits per heavy atom. The molecule has 1 aliphatic rings. The van der Waals surface area contributed by atoms with Gasteiger partial charge in [0.15, 0.2) is 0 Å².